The van der Waals surface area contributed by atoms with Crippen LogP contribution in [0.4, 0.5) is 0 Å². The van der Waals surface area contributed by atoms with Gasteiger partial charge in [0.05, 0.1) is 0 Å². The Morgan fingerprint density at radius 3 is 2.35 bits per heavy atom. The summed E-state index contributed by atoms with van der Waals surface area (Å²) in [5, 5.41) is 0. The van der Waals surface area contributed by atoms with E-state index in [1.165, 1.54) is 0 Å². The lowest BCUT2D eigenvalue weighted by atomic mass is 9.94. The molecule has 0 radical (unpaired) electrons. The van der Waals surface area contributed by atoms with E-state index in [2.05, 4.69) is 23.0 Å². The molecule has 1 saturated heterocycles. The molecule has 6 nitrogen and oxygen atoms in total. The van der Waals surface area contributed by atoms with Gasteiger partial charge in [-0.3, -0.25) is 14.6 Å². The number of fused-ring (bicyclic) bond motifs is 3. The first-order valence-electron chi connectivity index (χ1n) is 10.5. The van der Waals surface area contributed by atoms with E-state index in [4.69, 9.17) is 5.73 Å². The van der Waals surface area contributed by atoms with Crippen LogP contribution in [0, 0.1) is 0 Å². The van der Waals surface area contributed by atoms with Crippen LogP contribution in [0.25, 0.3) is 22.3 Å². The number of amides is 2. The van der Waals surface area contributed by atoms with Crippen molar-refractivity contribution < 1.29 is 9.59 Å². The van der Waals surface area contributed by atoms with Gasteiger partial charge in [-0.25, -0.2) is 0 Å². The van der Waals surface area contributed by atoms with Gasteiger partial charge in [0.1, 0.15) is 0 Å². The van der Waals surface area contributed by atoms with Crippen LogP contribution in [0.3, 0.4) is 0 Å². The number of benzene rings is 2. The van der Waals surface area contributed by atoms with Crippen molar-refractivity contribution in [2.24, 2.45) is 5.73 Å². The SMILES string of the molecule is CN1CCN(C(=O)c2ccc3c(c2)Cc2c(C(N)=O)cc(-c4ccncc4)cc2-3)CC1. The van der Waals surface area contributed by atoms with Gasteiger partial charge in [-0.05, 0) is 83.2 Å². The zero-order chi connectivity index (χ0) is 21.5. The molecule has 0 spiro atoms. The number of carbonyl (C=O) groups excluding carboxylic acids is 2. The zero-order valence-corrected chi connectivity index (χ0v) is 17.5. The largest absolute Gasteiger partial charge is 0.366 e. The Morgan fingerprint density at radius 2 is 1.65 bits per heavy atom. The fourth-order valence-corrected chi connectivity index (χ4v) is 4.55. The van der Waals surface area contributed by atoms with E-state index >= 15 is 0 Å². The molecule has 3 aromatic rings. The molecule has 0 atom stereocenters. The number of primary amides is 1. The average Bonchev–Trinajstić information content (AvgIpc) is 3.16. The Morgan fingerprint density at radius 1 is 0.903 bits per heavy atom. The van der Waals surface area contributed by atoms with Gasteiger partial charge in [0.15, 0.2) is 0 Å². The maximum atomic E-state index is 13.0. The fraction of sp³-hybridized carbons (Fsp3) is 0.240. The molecule has 5 rings (SSSR count). The maximum Gasteiger partial charge on any atom is 0.253 e. The Hall–Kier alpha value is -3.51. The summed E-state index contributed by atoms with van der Waals surface area (Å²) in [6.45, 7) is 3.27. The van der Waals surface area contributed by atoms with Crippen LogP contribution in [0.1, 0.15) is 31.8 Å². The predicted molar refractivity (Wildman–Crippen MR) is 120 cm³/mol. The third-order valence-corrected chi connectivity index (χ3v) is 6.33. The summed E-state index contributed by atoms with van der Waals surface area (Å²) in [5.74, 6) is -0.367. The first-order chi connectivity index (χ1) is 15.0. The second-order valence-electron chi connectivity index (χ2n) is 8.29. The van der Waals surface area contributed by atoms with Crippen molar-refractivity contribution in [1.29, 1.82) is 0 Å². The topological polar surface area (TPSA) is 79.5 Å². The normalized spacial score (nSPS) is 15.5. The van der Waals surface area contributed by atoms with Crippen LogP contribution in [-0.2, 0) is 6.42 Å². The fourth-order valence-electron chi connectivity index (χ4n) is 4.55. The van der Waals surface area contributed by atoms with Crippen LogP contribution >= 0.6 is 0 Å². The third-order valence-electron chi connectivity index (χ3n) is 6.33. The highest BCUT2D eigenvalue weighted by molar-refractivity contribution is 6.01. The molecule has 1 aliphatic heterocycles. The van der Waals surface area contributed by atoms with Crippen LogP contribution in [0.15, 0.2) is 54.9 Å². The molecule has 0 unspecified atom stereocenters. The Bertz CT molecular complexity index is 1180. The summed E-state index contributed by atoms with van der Waals surface area (Å²) in [6.07, 6.45) is 4.07. The molecule has 31 heavy (non-hydrogen) atoms. The van der Waals surface area contributed by atoms with Gasteiger partial charge in [0.25, 0.3) is 5.91 Å². The summed E-state index contributed by atoms with van der Waals surface area (Å²) in [6, 6.07) is 13.7. The summed E-state index contributed by atoms with van der Waals surface area (Å²) < 4.78 is 0. The van der Waals surface area contributed by atoms with E-state index in [1.54, 1.807) is 12.4 Å². The molecule has 1 aliphatic carbocycles. The molecule has 1 fully saturated rings. The van der Waals surface area contributed by atoms with Crippen LogP contribution in [0.2, 0.25) is 0 Å². The summed E-state index contributed by atoms with van der Waals surface area (Å²) in [5.41, 5.74) is 13.0. The Balaban J connectivity index is 1.53. The van der Waals surface area contributed by atoms with Crippen LogP contribution in [0.5, 0.6) is 0 Å². The lowest BCUT2D eigenvalue weighted by molar-refractivity contribution is 0.0664. The van der Waals surface area contributed by atoms with E-state index in [9.17, 15) is 9.59 Å². The van der Waals surface area contributed by atoms with Crippen molar-refractivity contribution in [3.8, 4) is 22.3 Å². The first kappa shape index (κ1) is 19.5. The van der Waals surface area contributed by atoms with Crippen molar-refractivity contribution in [2.75, 3.05) is 33.2 Å². The second kappa shape index (κ2) is 7.63. The molecule has 2 amide bonds. The number of rotatable bonds is 3. The number of hydrogen-bond acceptors (Lipinski definition) is 4. The lowest BCUT2D eigenvalue weighted by Crippen LogP contribution is -2.47. The highest BCUT2D eigenvalue weighted by Crippen LogP contribution is 2.41. The minimum Gasteiger partial charge on any atom is -0.366 e. The number of piperazine rings is 1. The minimum absolute atomic E-state index is 0.0689. The maximum absolute atomic E-state index is 13.0. The number of nitrogens with zero attached hydrogens (tertiary/aromatic N) is 3. The number of pyridine rings is 1. The second-order valence-corrected chi connectivity index (χ2v) is 8.29. The number of carbonyl (C=O) groups is 2. The smallest absolute Gasteiger partial charge is 0.253 e. The number of likely N-dealkylation sites (N-methyl/N-ethyl adjacent to an activating group) is 1. The molecule has 6 heteroatoms. The van der Waals surface area contributed by atoms with E-state index < -0.39 is 5.91 Å². The minimum atomic E-state index is -0.436. The summed E-state index contributed by atoms with van der Waals surface area (Å²) >= 11 is 0. The van der Waals surface area contributed by atoms with Crippen molar-refractivity contribution >= 4 is 11.8 Å². The number of aromatic nitrogens is 1. The molecule has 2 N–H and O–H groups in total. The van der Waals surface area contributed by atoms with Gasteiger partial charge < -0.3 is 15.5 Å². The van der Waals surface area contributed by atoms with Gasteiger partial charge in [-0.1, -0.05) is 6.07 Å². The van der Waals surface area contributed by atoms with Gasteiger partial charge in [-0.15, -0.1) is 0 Å². The van der Waals surface area contributed by atoms with Crippen molar-refractivity contribution in [1.82, 2.24) is 14.8 Å². The van der Waals surface area contributed by atoms with Crippen molar-refractivity contribution in [3.63, 3.8) is 0 Å². The van der Waals surface area contributed by atoms with Gasteiger partial charge in [0, 0.05) is 49.7 Å². The monoisotopic (exact) mass is 412 g/mol. The standard InChI is InChI=1S/C25H24N4O2/c1-28-8-10-29(11-9-28)25(31)17-2-3-20-19(12-17)15-22-21(20)13-18(14-23(22)24(26)30)16-4-6-27-7-5-16/h2-7,12-14H,8-11,15H2,1H3,(H2,26,30). The first-order valence-corrected chi connectivity index (χ1v) is 10.5. The van der Waals surface area contributed by atoms with E-state index in [0.717, 1.165) is 59.6 Å². The summed E-state index contributed by atoms with van der Waals surface area (Å²) in [7, 11) is 2.07. The molecule has 2 aliphatic rings. The number of nitrogens with two attached hydrogens (primary N) is 1. The lowest BCUT2D eigenvalue weighted by Gasteiger charge is -2.32. The Kier molecular flexibility index (Phi) is 4.79. The van der Waals surface area contributed by atoms with E-state index in [1.807, 2.05) is 41.3 Å². The van der Waals surface area contributed by atoms with Gasteiger partial charge >= 0.3 is 0 Å². The highest BCUT2D eigenvalue weighted by Gasteiger charge is 2.27. The van der Waals surface area contributed by atoms with E-state index in [-0.39, 0.29) is 5.91 Å². The third kappa shape index (κ3) is 3.49. The summed E-state index contributed by atoms with van der Waals surface area (Å²) in [4.78, 5) is 33.5. The van der Waals surface area contributed by atoms with Crippen molar-refractivity contribution in [2.45, 2.75) is 6.42 Å². The zero-order valence-electron chi connectivity index (χ0n) is 17.5. The molecular weight excluding hydrogens is 388 g/mol. The number of hydrogen-bond donors (Lipinski definition) is 1. The highest BCUT2D eigenvalue weighted by atomic mass is 16.2. The molecule has 0 bridgehead atoms. The molecular formula is C25H24N4O2. The Labute approximate surface area is 181 Å². The molecule has 2 aromatic carbocycles. The van der Waals surface area contributed by atoms with Gasteiger partial charge in [-0.2, -0.15) is 0 Å². The molecule has 1 aromatic heterocycles. The van der Waals surface area contributed by atoms with Gasteiger partial charge in [0.2, 0.25) is 5.91 Å². The quantitative estimate of drug-likeness (QED) is 0.561. The molecule has 2 heterocycles. The average molecular weight is 412 g/mol. The van der Waals surface area contributed by atoms with Crippen LogP contribution < -0.4 is 5.73 Å². The van der Waals surface area contributed by atoms with Crippen LogP contribution in [-0.4, -0.2) is 59.8 Å². The molecule has 156 valence electrons. The van der Waals surface area contributed by atoms with E-state index in [0.29, 0.717) is 17.5 Å². The predicted octanol–water partition coefficient (Wildman–Crippen LogP) is 2.81. The van der Waals surface area contributed by atoms with Crippen molar-refractivity contribution in [3.05, 3.63) is 77.1 Å². The molecule has 0 saturated carbocycles.